The van der Waals surface area contributed by atoms with Crippen molar-refractivity contribution in [3.8, 4) is 5.75 Å². The van der Waals surface area contributed by atoms with Crippen LogP contribution in [0.1, 0.15) is 57.6 Å². The number of amides is 1. The van der Waals surface area contributed by atoms with Gasteiger partial charge in [0.2, 0.25) is 5.91 Å². The average molecular weight is 532 g/mol. The van der Waals surface area contributed by atoms with Crippen molar-refractivity contribution in [2.45, 2.75) is 59.4 Å². The van der Waals surface area contributed by atoms with Gasteiger partial charge in [0.25, 0.3) is 0 Å². The fraction of sp³-hybridized carbons (Fsp3) is 0.562. The molecule has 0 spiro atoms. The van der Waals surface area contributed by atoms with Gasteiger partial charge < -0.3 is 15.0 Å². The molecular formula is C32H45N5O2. The highest BCUT2D eigenvalue weighted by atomic mass is 16.5. The lowest BCUT2D eigenvalue weighted by Gasteiger charge is -2.37. The second-order valence-electron chi connectivity index (χ2n) is 11.3. The highest BCUT2D eigenvalue weighted by Gasteiger charge is 2.36. The van der Waals surface area contributed by atoms with Gasteiger partial charge in [0.05, 0.1) is 18.5 Å². The number of piperidine rings is 1. The molecule has 1 aromatic rings. The maximum absolute atomic E-state index is 12.8. The van der Waals surface area contributed by atoms with E-state index in [-0.39, 0.29) is 11.8 Å². The van der Waals surface area contributed by atoms with E-state index in [1.54, 1.807) is 13.2 Å². The average Bonchev–Trinajstić information content (AvgIpc) is 3.78. The number of carbonyl (C=O) groups is 1. The van der Waals surface area contributed by atoms with E-state index in [9.17, 15) is 4.79 Å². The molecule has 1 aromatic carbocycles. The number of rotatable bonds is 9. The SMILES string of the molecule is CC=NC1=C(C(C)=N)C(c2ccc(C)c(OC)c2)=NCC(C2CCN(C(=O)C=CCN(C)C3CC3)CC2)C1C. The lowest BCUT2D eigenvalue weighted by molar-refractivity contribution is -0.127. The van der Waals surface area contributed by atoms with Gasteiger partial charge in [-0.2, -0.15) is 0 Å². The Bertz CT molecular complexity index is 1180. The Morgan fingerprint density at radius 1 is 1.26 bits per heavy atom. The molecule has 1 amide bonds. The van der Waals surface area contributed by atoms with E-state index in [1.807, 2.05) is 50.1 Å². The summed E-state index contributed by atoms with van der Waals surface area (Å²) >= 11 is 0. The number of likely N-dealkylation sites (tertiary alicyclic amines) is 1. The molecule has 7 nitrogen and oxygen atoms in total. The smallest absolute Gasteiger partial charge is 0.246 e. The van der Waals surface area contributed by atoms with Crippen LogP contribution in [0.3, 0.4) is 0 Å². The first kappa shape index (κ1) is 28.9. The zero-order chi connectivity index (χ0) is 28.1. The molecule has 39 heavy (non-hydrogen) atoms. The van der Waals surface area contributed by atoms with E-state index in [0.717, 1.165) is 66.3 Å². The molecule has 0 aromatic heterocycles. The Hall–Kier alpha value is -3.06. The predicted molar refractivity (Wildman–Crippen MR) is 160 cm³/mol. The van der Waals surface area contributed by atoms with Gasteiger partial charge in [-0.3, -0.25) is 19.7 Å². The summed E-state index contributed by atoms with van der Waals surface area (Å²) in [5.74, 6) is 1.83. The summed E-state index contributed by atoms with van der Waals surface area (Å²) in [5.41, 5.74) is 5.08. The summed E-state index contributed by atoms with van der Waals surface area (Å²) in [6.45, 7) is 11.1. The zero-order valence-electron chi connectivity index (χ0n) is 24.5. The quantitative estimate of drug-likeness (QED) is 0.345. The summed E-state index contributed by atoms with van der Waals surface area (Å²) < 4.78 is 5.60. The second-order valence-corrected chi connectivity index (χ2v) is 11.3. The summed E-state index contributed by atoms with van der Waals surface area (Å²) in [4.78, 5) is 27.2. The molecule has 7 heteroatoms. The fourth-order valence-electron chi connectivity index (χ4n) is 6.07. The summed E-state index contributed by atoms with van der Waals surface area (Å²) in [6.07, 6.45) is 10.1. The van der Waals surface area contributed by atoms with Crippen molar-refractivity contribution in [3.63, 3.8) is 0 Å². The number of benzene rings is 1. The van der Waals surface area contributed by atoms with Gasteiger partial charge in [-0.05, 0) is 77.0 Å². The van der Waals surface area contributed by atoms with Crippen molar-refractivity contribution in [2.24, 2.45) is 27.7 Å². The molecule has 2 unspecified atom stereocenters. The lowest BCUT2D eigenvalue weighted by atomic mass is 9.75. The minimum Gasteiger partial charge on any atom is -0.496 e. The van der Waals surface area contributed by atoms with Gasteiger partial charge in [0.15, 0.2) is 0 Å². The van der Waals surface area contributed by atoms with E-state index in [1.165, 1.54) is 12.8 Å². The minimum atomic E-state index is 0.123. The van der Waals surface area contributed by atoms with Crippen LogP contribution >= 0.6 is 0 Å². The maximum Gasteiger partial charge on any atom is 0.246 e. The number of nitrogens with zero attached hydrogens (tertiary/aromatic N) is 4. The highest BCUT2D eigenvalue weighted by Crippen LogP contribution is 2.39. The van der Waals surface area contributed by atoms with Crippen LogP contribution in [-0.4, -0.2) is 79.7 Å². The van der Waals surface area contributed by atoms with Crippen LogP contribution < -0.4 is 4.74 Å². The molecule has 0 radical (unpaired) electrons. The van der Waals surface area contributed by atoms with E-state index >= 15 is 0 Å². The van der Waals surface area contributed by atoms with Crippen LogP contribution in [0.4, 0.5) is 0 Å². The number of likely N-dealkylation sites (N-methyl/N-ethyl adjacent to an activating group) is 1. The maximum atomic E-state index is 12.8. The van der Waals surface area contributed by atoms with Gasteiger partial charge >= 0.3 is 0 Å². The first-order chi connectivity index (χ1) is 18.7. The van der Waals surface area contributed by atoms with Gasteiger partial charge in [-0.1, -0.05) is 25.1 Å². The van der Waals surface area contributed by atoms with Crippen LogP contribution in [0.5, 0.6) is 5.75 Å². The predicted octanol–water partition coefficient (Wildman–Crippen LogP) is 5.33. The van der Waals surface area contributed by atoms with E-state index < -0.39 is 0 Å². The van der Waals surface area contributed by atoms with Crippen molar-refractivity contribution in [1.29, 1.82) is 5.41 Å². The third-order valence-electron chi connectivity index (χ3n) is 8.63. The molecule has 210 valence electrons. The molecule has 4 rings (SSSR count). The largest absolute Gasteiger partial charge is 0.496 e. The highest BCUT2D eigenvalue weighted by molar-refractivity contribution is 6.29. The Morgan fingerprint density at radius 2 is 1.97 bits per heavy atom. The van der Waals surface area contributed by atoms with Crippen molar-refractivity contribution >= 4 is 23.5 Å². The van der Waals surface area contributed by atoms with Crippen LogP contribution in [0.25, 0.3) is 0 Å². The Morgan fingerprint density at radius 3 is 2.59 bits per heavy atom. The molecule has 2 atom stereocenters. The lowest BCUT2D eigenvalue weighted by Crippen LogP contribution is -2.41. The Balaban J connectivity index is 1.53. The monoisotopic (exact) mass is 531 g/mol. The van der Waals surface area contributed by atoms with E-state index in [4.69, 9.17) is 20.1 Å². The van der Waals surface area contributed by atoms with Crippen molar-refractivity contribution in [2.75, 3.05) is 40.3 Å². The minimum absolute atomic E-state index is 0.123. The fourth-order valence-corrected chi connectivity index (χ4v) is 6.07. The van der Waals surface area contributed by atoms with E-state index in [0.29, 0.717) is 30.1 Å². The van der Waals surface area contributed by atoms with Crippen LogP contribution in [0.2, 0.25) is 0 Å². The standard InChI is InChI=1S/C32H45N5O2/c1-7-34-31-22(3)27(20-35-32(30(31)23(4)33)25-11-10-21(2)28(19-25)39-6)24-14-17-37(18-15-24)29(38)9-8-16-36(5)26-12-13-26/h7-11,19,22,24,26-27,33H,12-18,20H2,1-6H3. The third-order valence-corrected chi connectivity index (χ3v) is 8.63. The molecule has 0 bridgehead atoms. The van der Waals surface area contributed by atoms with Crippen LogP contribution in [0, 0.1) is 30.1 Å². The topological polar surface area (TPSA) is 81.3 Å². The summed E-state index contributed by atoms with van der Waals surface area (Å²) in [5, 5.41) is 8.70. The molecule has 1 saturated carbocycles. The van der Waals surface area contributed by atoms with Crippen molar-refractivity contribution in [1.82, 2.24) is 9.80 Å². The van der Waals surface area contributed by atoms with E-state index in [2.05, 4.69) is 24.9 Å². The van der Waals surface area contributed by atoms with Crippen LogP contribution in [-0.2, 0) is 4.79 Å². The number of methoxy groups -OCH3 is 1. The summed E-state index contributed by atoms with van der Waals surface area (Å²) in [6, 6.07) is 6.84. The van der Waals surface area contributed by atoms with Crippen molar-refractivity contribution in [3.05, 3.63) is 52.7 Å². The van der Waals surface area contributed by atoms with Gasteiger partial charge in [0.1, 0.15) is 5.75 Å². The number of nitrogens with one attached hydrogen (secondary N) is 1. The molecular weight excluding hydrogens is 486 g/mol. The zero-order valence-corrected chi connectivity index (χ0v) is 24.5. The number of ether oxygens (including phenoxy) is 1. The number of hydrogen-bond donors (Lipinski definition) is 1. The Kier molecular flexibility index (Phi) is 9.54. The Labute approximate surface area is 234 Å². The van der Waals surface area contributed by atoms with Crippen molar-refractivity contribution < 1.29 is 9.53 Å². The number of aliphatic imine (C=N–C) groups is 2. The molecule has 1 aliphatic carbocycles. The van der Waals surface area contributed by atoms with Crippen LogP contribution in [0.15, 0.2) is 51.6 Å². The number of carbonyl (C=O) groups excluding carboxylic acids is 1. The first-order valence-electron chi connectivity index (χ1n) is 14.4. The molecule has 2 fully saturated rings. The van der Waals surface area contributed by atoms with Gasteiger partial charge in [0, 0.05) is 67.3 Å². The number of allylic oxidation sites excluding steroid dienone is 2. The molecule has 3 aliphatic rings. The molecule has 2 aliphatic heterocycles. The van der Waals surface area contributed by atoms with Gasteiger partial charge in [-0.15, -0.1) is 0 Å². The molecule has 2 heterocycles. The number of aryl methyl sites for hydroxylation is 1. The number of hydrogen-bond acceptors (Lipinski definition) is 6. The first-order valence-corrected chi connectivity index (χ1v) is 14.4. The molecule has 1 N–H and O–H groups in total. The second kappa shape index (κ2) is 12.9. The third kappa shape index (κ3) is 6.75. The molecule has 1 saturated heterocycles. The van der Waals surface area contributed by atoms with Gasteiger partial charge in [-0.25, -0.2) is 0 Å². The normalized spacial score (nSPS) is 23.1. The summed E-state index contributed by atoms with van der Waals surface area (Å²) in [7, 11) is 3.82.